The number of allylic oxidation sites excluding steroid dienone is 2. The molecule has 0 fully saturated rings. The summed E-state index contributed by atoms with van der Waals surface area (Å²) in [6.45, 7) is 22.5. The van der Waals surface area contributed by atoms with Crippen molar-refractivity contribution in [3.8, 4) is 22.9 Å². The maximum absolute atomic E-state index is 5.37. The first-order valence-electron chi connectivity index (χ1n) is 7.66. The van der Waals surface area contributed by atoms with Crippen LogP contribution in [-0.2, 0) is 25.3 Å². The van der Waals surface area contributed by atoms with Gasteiger partial charge in [0.2, 0.25) is 0 Å². The second-order valence-electron chi connectivity index (χ2n) is 8.91. The van der Waals surface area contributed by atoms with Crippen molar-refractivity contribution in [2.24, 2.45) is 0 Å². The maximum atomic E-state index is 5.37. The summed E-state index contributed by atoms with van der Waals surface area (Å²) in [6, 6.07) is 0. The van der Waals surface area contributed by atoms with E-state index in [-0.39, 0.29) is 47.8 Å². The Labute approximate surface area is 188 Å². The van der Waals surface area contributed by atoms with Gasteiger partial charge in [-0.3, -0.25) is 0 Å². The molecule has 0 aromatic rings. The van der Waals surface area contributed by atoms with E-state index < -0.39 is 16.1 Å². The van der Waals surface area contributed by atoms with Crippen molar-refractivity contribution in [2.75, 3.05) is 0 Å². The summed E-state index contributed by atoms with van der Waals surface area (Å²) >= 11 is 10.7. The normalized spacial score (nSPS) is 13.1. The van der Waals surface area contributed by atoms with Crippen LogP contribution in [0.2, 0.25) is 36.3 Å². The number of rotatable bonds is 0. The molecule has 0 aliphatic carbocycles. The van der Waals surface area contributed by atoms with E-state index in [4.69, 9.17) is 25.3 Å². The first-order valence-corrected chi connectivity index (χ1v) is 14.5. The third-order valence-electron chi connectivity index (χ3n) is 4.93. The Morgan fingerprint density at radius 3 is 1.00 bits per heavy atom. The van der Waals surface area contributed by atoms with E-state index >= 15 is 0 Å². The largest absolute Gasteiger partial charge is 1.00 e. The molecule has 0 spiro atoms. The molecule has 0 nitrogen and oxygen atoms in total. The molecule has 0 amide bonds. The molecule has 0 unspecified atom stereocenters. The smallest absolute Gasteiger partial charge is 0.772 e. The van der Waals surface area contributed by atoms with Gasteiger partial charge < -0.3 is 25.3 Å². The van der Waals surface area contributed by atoms with Gasteiger partial charge in [0.1, 0.15) is 16.1 Å². The number of hydrogen-bond acceptors (Lipinski definition) is 2. The Hall–Kier alpha value is 0.929. The molecule has 0 saturated carbocycles. The van der Waals surface area contributed by atoms with Crippen molar-refractivity contribution in [1.29, 1.82) is 0 Å². The van der Waals surface area contributed by atoms with Gasteiger partial charge in [-0.25, -0.2) is 0 Å². The van der Waals surface area contributed by atoms with E-state index in [0.29, 0.717) is 9.81 Å². The molecule has 0 saturated heterocycles. The monoisotopic (exact) mass is 380 g/mol. The molecule has 0 aliphatic heterocycles. The van der Waals surface area contributed by atoms with Crippen molar-refractivity contribution in [2.45, 2.75) is 77.8 Å². The van der Waals surface area contributed by atoms with E-state index in [1.807, 2.05) is 0 Å². The van der Waals surface area contributed by atoms with Gasteiger partial charge in [-0.05, 0) is 10.1 Å². The molecule has 0 radical (unpaired) electrons. The summed E-state index contributed by atoms with van der Waals surface area (Å²) in [5.41, 5.74) is 6.82. The van der Waals surface area contributed by atoms with Gasteiger partial charge in [0.15, 0.2) is 0 Å². The topological polar surface area (TPSA) is 0 Å². The molecule has 24 heavy (non-hydrogen) atoms. The predicted molar refractivity (Wildman–Crippen MR) is 112 cm³/mol. The zero-order chi connectivity index (χ0) is 18.0. The summed E-state index contributed by atoms with van der Waals surface area (Å²) in [7, 11) is -3.30. The van der Waals surface area contributed by atoms with E-state index in [0.717, 1.165) is 0 Å². The van der Waals surface area contributed by atoms with E-state index in [2.05, 4.69) is 90.7 Å². The molecule has 0 heterocycles. The van der Waals surface area contributed by atoms with Crippen LogP contribution in [0.5, 0.6) is 0 Å². The molecular weight excluding hydrogens is 350 g/mol. The second kappa shape index (κ2) is 10.3. The third kappa shape index (κ3) is 9.04. The molecule has 124 valence electrons. The average molecular weight is 381 g/mol. The SMILES string of the molecule is CC(C)(C)[Si](C)(C)C#C/C([S-])=C(\[S-])C#C[Si](C)(C)C(C)(C)C.[Li+].[Li+]. The van der Waals surface area contributed by atoms with Crippen LogP contribution in [-0.4, -0.2) is 16.1 Å². The molecule has 0 rings (SSSR count). The van der Waals surface area contributed by atoms with Gasteiger partial charge in [0, 0.05) is 0 Å². The molecule has 0 bridgehead atoms. The first kappa shape index (κ1) is 29.7. The molecular formula is C18H30Li2S2Si2. The van der Waals surface area contributed by atoms with Crippen molar-refractivity contribution >= 4 is 41.4 Å². The second-order valence-corrected chi connectivity index (χ2v) is 19.7. The fourth-order valence-corrected chi connectivity index (χ4v) is 2.92. The standard InChI is InChI=1S/C18H32S2Si2.2Li/c1-17(2,3)21(7,8)13-11-15(19)16(20)12-14-22(9,10)18(4,5)6;;/h19-20H,1-10H3;;/q;2*+1/p-2/b16-15+;;. The van der Waals surface area contributed by atoms with E-state index in [1.165, 1.54) is 0 Å². The minimum Gasteiger partial charge on any atom is -0.772 e. The molecule has 0 N–H and O–H groups in total. The van der Waals surface area contributed by atoms with Gasteiger partial charge in [-0.15, -0.1) is 32.7 Å². The van der Waals surface area contributed by atoms with Gasteiger partial charge in [-0.2, -0.15) is 0 Å². The summed E-state index contributed by atoms with van der Waals surface area (Å²) in [4.78, 5) is 1.07. The Bertz CT molecular complexity index is 521. The van der Waals surface area contributed by atoms with Crippen LogP contribution in [0.1, 0.15) is 41.5 Å². The van der Waals surface area contributed by atoms with Crippen molar-refractivity contribution in [1.82, 2.24) is 0 Å². The Balaban J connectivity index is -0.00000220. The molecule has 6 heteroatoms. The maximum Gasteiger partial charge on any atom is 1.00 e. The molecule has 0 aromatic carbocycles. The first-order chi connectivity index (χ1) is 9.51. The summed E-state index contributed by atoms with van der Waals surface area (Å²) in [6.07, 6.45) is 0. The van der Waals surface area contributed by atoms with Crippen LogP contribution in [0.4, 0.5) is 0 Å². The zero-order valence-electron chi connectivity index (χ0n) is 17.8. The van der Waals surface area contributed by atoms with Crippen LogP contribution >= 0.6 is 0 Å². The van der Waals surface area contributed by atoms with Crippen LogP contribution in [0.15, 0.2) is 9.81 Å². The van der Waals surface area contributed by atoms with E-state index in [1.54, 1.807) is 0 Å². The molecule has 0 atom stereocenters. The van der Waals surface area contributed by atoms with Gasteiger partial charge in [0.25, 0.3) is 0 Å². The Morgan fingerprint density at radius 2 is 0.833 bits per heavy atom. The van der Waals surface area contributed by atoms with Gasteiger partial charge in [-0.1, -0.05) is 67.7 Å². The summed E-state index contributed by atoms with van der Waals surface area (Å²) in [5, 5.41) is 0.452. The fourth-order valence-electron chi connectivity index (χ4n) is 0.915. The molecule has 0 aliphatic rings. The van der Waals surface area contributed by atoms with Crippen molar-refractivity contribution in [3.63, 3.8) is 0 Å². The predicted octanol–water partition coefficient (Wildman–Crippen LogP) is -0.598. The minimum atomic E-state index is -1.65. The van der Waals surface area contributed by atoms with Gasteiger partial charge >= 0.3 is 37.7 Å². The van der Waals surface area contributed by atoms with Crippen LogP contribution in [0, 0.1) is 22.9 Å². The molecule has 0 aromatic heterocycles. The van der Waals surface area contributed by atoms with Gasteiger partial charge in [0.05, 0.1) is 0 Å². The number of hydrogen-bond donors (Lipinski definition) is 0. The Morgan fingerprint density at radius 1 is 0.625 bits per heavy atom. The van der Waals surface area contributed by atoms with Crippen LogP contribution in [0.3, 0.4) is 0 Å². The van der Waals surface area contributed by atoms with Crippen molar-refractivity contribution in [3.05, 3.63) is 9.81 Å². The summed E-state index contributed by atoms with van der Waals surface area (Å²) in [5.74, 6) is 6.24. The zero-order valence-corrected chi connectivity index (χ0v) is 21.4. The average Bonchev–Trinajstić information content (AvgIpc) is 2.30. The quantitative estimate of drug-likeness (QED) is 0.313. The van der Waals surface area contributed by atoms with Crippen LogP contribution in [0.25, 0.3) is 0 Å². The minimum absolute atomic E-state index is 0. The fraction of sp³-hybridized carbons (Fsp3) is 0.667. The Kier molecular flexibility index (Phi) is 12.8. The van der Waals surface area contributed by atoms with E-state index in [9.17, 15) is 0 Å². The third-order valence-corrected chi connectivity index (χ3v) is 14.7. The van der Waals surface area contributed by atoms with Crippen molar-refractivity contribution < 1.29 is 37.7 Å². The summed E-state index contributed by atoms with van der Waals surface area (Å²) < 4.78 is 0. The van der Waals surface area contributed by atoms with Crippen LogP contribution < -0.4 is 37.7 Å².